The van der Waals surface area contributed by atoms with Crippen molar-refractivity contribution >= 4 is 65.3 Å². The number of aromatic nitrogens is 2. The Morgan fingerprint density at radius 3 is 1.49 bits per heavy atom. The van der Waals surface area contributed by atoms with Gasteiger partial charge in [0, 0.05) is 24.3 Å². The zero-order valence-electron chi connectivity index (χ0n) is 20.7. The molecule has 2 radical (unpaired) electrons. The molecule has 2 aromatic heterocycles. The number of hydrogen-bond donors (Lipinski definition) is 0. The first-order valence-corrected chi connectivity index (χ1v) is 13.8. The summed E-state index contributed by atoms with van der Waals surface area (Å²) in [5, 5.41) is 22.7. The highest BCUT2D eigenvalue weighted by molar-refractivity contribution is 6.35. The standard InChI is InChI=1S/2C13H8N2O4.2Al.O/c2*16-11-6-5-8(15(17)18)7-9(11)13-14-10-3-1-2-4-12(10)19-13;;;/h2*1-7,16H;;;/q;;2*+1;/p-2. The van der Waals surface area contributed by atoms with E-state index in [2.05, 4.69) is 9.97 Å². The van der Waals surface area contributed by atoms with Crippen LogP contribution in [0.15, 0.2) is 93.8 Å². The zero-order chi connectivity index (χ0) is 28.3. The van der Waals surface area contributed by atoms with Gasteiger partial charge in [-0.05, 0) is 36.4 Å². The van der Waals surface area contributed by atoms with Crippen molar-refractivity contribution in [2.75, 3.05) is 0 Å². The third-order valence-electron chi connectivity index (χ3n) is 5.86. The average Bonchev–Trinajstić information content (AvgIpc) is 3.61. The lowest BCUT2D eigenvalue weighted by molar-refractivity contribution is -0.385. The zero-order valence-corrected chi connectivity index (χ0v) is 23.0. The van der Waals surface area contributed by atoms with E-state index in [-0.39, 0.29) is 23.2 Å². The summed E-state index contributed by atoms with van der Waals surface area (Å²) in [4.78, 5) is 30.5. The highest BCUT2D eigenvalue weighted by Crippen LogP contribution is 2.36. The number of benzene rings is 4. The fourth-order valence-corrected chi connectivity index (χ4v) is 5.20. The van der Waals surface area contributed by atoms with Crippen LogP contribution in [0.5, 0.6) is 11.5 Å². The van der Waals surface area contributed by atoms with Gasteiger partial charge in [0.2, 0.25) is 11.8 Å². The largest absolute Gasteiger partial charge is 0.743 e. The van der Waals surface area contributed by atoms with Crippen molar-refractivity contribution in [2.24, 2.45) is 0 Å². The number of nitrogens with zero attached hydrogens (tertiary/aromatic N) is 4. The molecule has 0 aliphatic carbocycles. The van der Waals surface area contributed by atoms with Crippen molar-refractivity contribution in [3.63, 3.8) is 0 Å². The molecule has 41 heavy (non-hydrogen) atoms. The van der Waals surface area contributed by atoms with Crippen LogP contribution in [0, 0.1) is 20.2 Å². The van der Waals surface area contributed by atoms with Crippen LogP contribution < -0.4 is 7.58 Å². The molecule has 4 aromatic carbocycles. The first kappa shape index (κ1) is 26.5. The molecular weight excluding hydrogens is 566 g/mol. The summed E-state index contributed by atoms with van der Waals surface area (Å²) in [7, 11) is 0. The second-order valence-corrected chi connectivity index (χ2v) is 10.4. The molecule has 0 aliphatic heterocycles. The van der Waals surface area contributed by atoms with E-state index in [1.54, 1.807) is 48.5 Å². The van der Waals surface area contributed by atoms with Crippen LogP contribution in [0.4, 0.5) is 11.4 Å². The molecule has 0 atom stereocenters. The van der Waals surface area contributed by atoms with E-state index in [0.717, 1.165) is 0 Å². The van der Waals surface area contributed by atoms with E-state index in [0.29, 0.717) is 44.8 Å². The van der Waals surface area contributed by atoms with Crippen LogP contribution in [-0.2, 0) is 2.84 Å². The molecule has 2 heterocycles. The van der Waals surface area contributed by atoms with Gasteiger partial charge in [0.05, 0.1) is 32.5 Å². The van der Waals surface area contributed by atoms with Crippen molar-refractivity contribution in [3.05, 3.63) is 105 Å². The van der Waals surface area contributed by atoms with Gasteiger partial charge in [-0.25, -0.2) is 9.97 Å². The predicted molar refractivity (Wildman–Crippen MR) is 146 cm³/mol. The van der Waals surface area contributed by atoms with Gasteiger partial charge in [-0.3, -0.25) is 20.2 Å². The van der Waals surface area contributed by atoms with Crippen molar-refractivity contribution < 1.29 is 29.1 Å². The molecule has 0 unspecified atom stereocenters. The second-order valence-electron chi connectivity index (χ2n) is 8.41. The Morgan fingerprint density at radius 1 is 0.634 bits per heavy atom. The van der Waals surface area contributed by atoms with Gasteiger partial charge in [0.1, 0.15) is 11.0 Å². The maximum absolute atomic E-state index is 11.4. The fourth-order valence-electron chi connectivity index (χ4n) is 3.96. The molecule has 0 saturated carbocycles. The van der Waals surface area contributed by atoms with Crippen LogP contribution in [0.3, 0.4) is 0 Å². The van der Waals surface area contributed by atoms with E-state index >= 15 is 0 Å². The number of hydrogen-bond acceptors (Lipinski definition) is 11. The van der Waals surface area contributed by atoms with Crippen LogP contribution >= 0.6 is 0 Å². The highest BCUT2D eigenvalue weighted by atomic mass is 27.3. The van der Waals surface area contributed by atoms with E-state index < -0.39 is 41.6 Å². The number of oxazole rings is 2. The molecule has 0 fully saturated rings. The quantitative estimate of drug-likeness (QED) is 0.0849. The first-order valence-electron chi connectivity index (χ1n) is 11.9. The molecule has 15 heteroatoms. The monoisotopic (exact) mass is 580 g/mol. The molecule has 0 saturated heterocycles. The van der Waals surface area contributed by atoms with E-state index in [1.165, 1.54) is 36.4 Å². The van der Waals surface area contributed by atoms with Gasteiger partial charge in [-0.1, -0.05) is 24.3 Å². The number of para-hydroxylation sites is 4. The van der Waals surface area contributed by atoms with Crippen LogP contribution in [0.1, 0.15) is 0 Å². The summed E-state index contributed by atoms with van der Waals surface area (Å²) in [5.41, 5.74) is 2.55. The van der Waals surface area contributed by atoms with Crippen LogP contribution in [-0.4, -0.2) is 51.6 Å². The number of rotatable bonds is 10. The summed E-state index contributed by atoms with van der Waals surface area (Å²) in [6.07, 6.45) is 0. The van der Waals surface area contributed by atoms with Gasteiger partial charge in [-0.2, -0.15) is 0 Å². The summed E-state index contributed by atoms with van der Waals surface area (Å²) in [5.74, 6) is 0.918. The Labute approximate surface area is 243 Å². The summed E-state index contributed by atoms with van der Waals surface area (Å²) >= 11 is -2.22. The Balaban J connectivity index is 1.18. The summed E-state index contributed by atoms with van der Waals surface area (Å²) < 4.78 is 28.9. The van der Waals surface area contributed by atoms with Crippen molar-refractivity contribution in [3.8, 4) is 34.4 Å². The third kappa shape index (κ3) is 5.62. The van der Waals surface area contributed by atoms with Gasteiger partial charge in [-0.15, -0.1) is 0 Å². The van der Waals surface area contributed by atoms with Crippen molar-refractivity contribution in [2.45, 2.75) is 0 Å². The normalized spacial score (nSPS) is 10.9. The van der Waals surface area contributed by atoms with E-state index in [4.69, 9.17) is 19.3 Å². The minimum atomic E-state index is -1.11. The van der Waals surface area contributed by atoms with Crippen LogP contribution in [0.25, 0.3) is 45.1 Å². The minimum Gasteiger partial charge on any atom is -0.627 e. The number of fused-ring (bicyclic) bond motifs is 2. The Hall–Kier alpha value is -4.76. The van der Waals surface area contributed by atoms with Gasteiger partial charge >= 0.3 is 31.8 Å². The van der Waals surface area contributed by atoms with Crippen molar-refractivity contribution in [1.29, 1.82) is 0 Å². The smallest absolute Gasteiger partial charge is 0.627 e. The Bertz CT molecular complexity index is 1720. The minimum absolute atomic E-state index is 0.149. The van der Waals surface area contributed by atoms with Crippen LogP contribution in [0.2, 0.25) is 0 Å². The molecule has 0 spiro atoms. The van der Waals surface area contributed by atoms with E-state index in [1.807, 2.05) is 0 Å². The molecular formula is C26H14Al2N4O9. The highest BCUT2D eigenvalue weighted by Gasteiger charge is 2.21. The summed E-state index contributed by atoms with van der Waals surface area (Å²) in [6.45, 7) is 0. The number of nitro groups is 2. The molecule has 0 N–H and O–H groups in total. The molecule has 0 amide bonds. The first-order chi connectivity index (χ1) is 20.0. The maximum atomic E-state index is 11.4. The summed E-state index contributed by atoms with van der Waals surface area (Å²) in [6, 6.07) is 22.4. The molecule has 198 valence electrons. The SMILES string of the molecule is O=[N+]([O-])c1ccc([O][Al][O][Al][O]c2ccc([N+](=O)[O-])cc2-c2nc3ccccc3o2)c(-c2nc3ccccc3o2)c1. The number of non-ortho nitro benzene ring substituents is 2. The lowest BCUT2D eigenvalue weighted by atomic mass is 10.2. The molecule has 6 aromatic rings. The van der Waals surface area contributed by atoms with E-state index in [9.17, 15) is 20.2 Å². The average molecular weight is 580 g/mol. The lowest BCUT2D eigenvalue weighted by Crippen LogP contribution is -2.16. The predicted octanol–water partition coefficient (Wildman–Crippen LogP) is 5.66. The third-order valence-corrected chi connectivity index (χ3v) is 7.45. The number of nitro benzene ring substituents is 2. The maximum Gasteiger partial charge on any atom is 0.743 e. The molecule has 6 rings (SSSR count). The van der Waals surface area contributed by atoms with Gasteiger partial charge in [0.15, 0.2) is 11.2 Å². The second kappa shape index (κ2) is 11.4. The Kier molecular flexibility index (Phi) is 7.35. The van der Waals surface area contributed by atoms with Crippen molar-refractivity contribution in [1.82, 2.24) is 9.97 Å². The molecule has 0 bridgehead atoms. The molecule has 13 nitrogen and oxygen atoms in total. The fraction of sp³-hybridized carbons (Fsp3) is 0. The van der Waals surface area contributed by atoms with Gasteiger partial charge in [0.25, 0.3) is 11.4 Å². The lowest BCUT2D eigenvalue weighted by Gasteiger charge is -2.12. The molecule has 0 aliphatic rings. The topological polar surface area (TPSA) is 166 Å². The Morgan fingerprint density at radius 2 is 1.07 bits per heavy atom. The van der Waals surface area contributed by atoms with Gasteiger partial charge < -0.3 is 19.3 Å².